The normalized spacial score (nSPS) is 16.8. The summed E-state index contributed by atoms with van der Waals surface area (Å²) < 4.78 is 0. The van der Waals surface area contributed by atoms with Gasteiger partial charge in [-0.25, -0.2) is 0 Å². The standard InChI is InChI=1S/C10H20N2/c1-6-8(4)10(11)12-9(5)7(2)3/h6-7,9H,1-5H3,(H2,11,12)/b8-6-. The van der Waals surface area contributed by atoms with Crippen LogP contribution in [-0.2, 0) is 0 Å². The van der Waals surface area contributed by atoms with Gasteiger partial charge in [0.1, 0.15) is 5.84 Å². The fourth-order valence-corrected chi connectivity index (χ4v) is 0.618. The number of nitrogens with two attached hydrogens (primary N) is 1. The predicted molar refractivity (Wildman–Crippen MR) is 55.4 cm³/mol. The highest BCUT2D eigenvalue weighted by Gasteiger charge is 2.05. The molecule has 0 heterocycles. The van der Waals surface area contributed by atoms with Crippen molar-refractivity contribution < 1.29 is 0 Å². The van der Waals surface area contributed by atoms with Crippen LogP contribution in [0, 0.1) is 5.92 Å². The molecule has 2 heteroatoms. The third kappa shape index (κ3) is 3.56. The average Bonchev–Trinajstić information content (AvgIpc) is 2.02. The molecule has 0 radical (unpaired) electrons. The van der Waals surface area contributed by atoms with Crippen molar-refractivity contribution in [1.82, 2.24) is 0 Å². The number of rotatable bonds is 3. The molecule has 0 rings (SSSR count). The van der Waals surface area contributed by atoms with Gasteiger partial charge in [0.2, 0.25) is 0 Å². The van der Waals surface area contributed by atoms with Crippen molar-refractivity contribution in [2.45, 2.75) is 40.7 Å². The fourth-order valence-electron chi connectivity index (χ4n) is 0.618. The number of aliphatic imine (C=N–C) groups is 1. The van der Waals surface area contributed by atoms with Crippen molar-refractivity contribution in [3.8, 4) is 0 Å². The lowest BCUT2D eigenvalue weighted by Crippen LogP contribution is -2.19. The molecule has 0 bridgehead atoms. The summed E-state index contributed by atoms with van der Waals surface area (Å²) in [5.74, 6) is 1.21. The minimum absolute atomic E-state index is 0.305. The Bertz CT molecular complexity index is 190. The predicted octanol–water partition coefficient (Wildman–Crippen LogP) is 2.35. The highest BCUT2D eigenvalue weighted by atomic mass is 14.9. The summed E-state index contributed by atoms with van der Waals surface area (Å²) in [6, 6.07) is 0.305. The van der Waals surface area contributed by atoms with Gasteiger partial charge in [-0.3, -0.25) is 4.99 Å². The van der Waals surface area contributed by atoms with E-state index in [-0.39, 0.29) is 0 Å². The molecule has 0 aromatic rings. The zero-order valence-electron chi connectivity index (χ0n) is 8.76. The van der Waals surface area contributed by atoms with E-state index in [1.807, 2.05) is 19.9 Å². The van der Waals surface area contributed by atoms with Crippen LogP contribution in [0.1, 0.15) is 34.6 Å². The second-order valence-electron chi connectivity index (χ2n) is 3.47. The van der Waals surface area contributed by atoms with E-state index in [1.165, 1.54) is 0 Å². The highest BCUT2D eigenvalue weighted by molar-refractivity contribution is 5.96. The molecule has 2 N–H and O–H groups in total. The molecular formula is C10H20N2. The van der Waals surface area contributed by atoms with E-state index in [2.05, 4.69) is 25.8 Å². The molecule has 0 aromatic heterocycles. The lowest BCUT2D eigenvalue weighted by Gasteiger charge is -2.11. The number of hydrogen-bond acceptors (Lipinski definition) is 1. The Morgan fingerprint density at radius 3 is 2.17 bits per heavy atom. The van der Waals surface area contributed by atoms with E-state index in [9.17, 15) is 0 Å². The van der Waals surface area contributed by atoms with Gasteiger partial charge < -0.3 is 5.73 Å². The summed E-state index contributed by atoms with van der Waals surface area (Å²) in [7, 11) is 0. The summed E-state index contributed by atoms with van der Waals surface area (Å²) in [6.45, 7) is 10.3. The first-order valence-electron chi connectivity index (χ1n) is 4.45. The molecule has 0 aromatic carbocycles. The van der Waals surface area contributed by atoms with Crippen LogP contribution in [0.15, 0.2) is 16.6 Å². The third-order valence-electron chi connectivity index (χ3n) is 2.14. The minimum Gasteiger partial charge on any atom is -0.384 e. The van der Waals surface area contributed by atoms with Crippen LogP contribution in [0.2, 0.25) is 0 Å². The van der Waals surface area contributed by atoms with Gasteiger partial charge in [-0.1, -0.05) is 19.9 Å². The summed E-state index contributed by atoms with van der Waals surface area (Å²) in [4.78, 5) is 4.37. The van der Waals surface area contributed by atoms with Gasteiger partial charge in [0.25, 0.3) is 0 Å². The van der Waals surface area contributed by atoms with Crippen LogP contribution in [-0.4, -0.2) is 11.9 Å². The first-order valence-corrected chi connectivity index (χ1v) is 4.45. The zero-order chi connectivity index (χ0) is 9.72. The van der Waals surface area contributed by atoms with Crippen LogP contribution in [0.4, 0.5) is 0 Å². The SMILES string of the molecule is C/C=C(C)\C(N)=N/C(C)C(C)C. The van der Waals surface area contributed by atoms with Gasteiger partial charge in [-0.15, -0.1) is 0 Å². The molecule has 0 aliphatic rings. The molecule has 12 heavy (non-hydrogen) atoms. The Kier molecular flexibility index (Phi) is 4.64. The molecule has 0 aliphatic heterocycles. The lowest BCUT2D eigenvalue weighted by atomic mass is 10.1. The topological polar surface area (TPSA) is 38.4 Å². The van der Waals surface area contributed by atoms with E-state index < -0.39 is 0 Å². The molecule has 2 nitrogen and oxygen atoms in total. The van der Waals surface area contributed by atoms with Crippen LogP contribution in [0.3, 0.4) is 0 Å². The van der Waals surface area contributed by atoms with E-state index in [1.54, 1.807) is 0 Å². The van der Waals surface area contributed by atoms with Crippen LogP contribution >= 0.6 is 0 Å². The van der Waals surface area contributed by atoms with Gasteiger partial charge in [-0.05, 0) is 32.3 Å². The summed E-state index contributed by atoms with van der Waals surface area (Å²) in [5, 5.41) is 0. The van der Waals surface area contributed by atoms with Gasteiger partial charge in [-0.2, -0.15) is 0 Å². The summed E-state index contributed by atoms with van der Waals surface area (Å²) in [6.07, 6.45) is 1.98. The average molecular weight is 168 g/mol. The maximum atomic E-state index is 5.75. The molecule has 0 spiro atoms. The fraction of sp³-hybridized carbons (Fsp3) is 0.700. The quantitative estimate of drug-likeness (QED) is 0.510. The van der Waals surface area contributed by atoms with Gasteiger partial charge in [0.05, 0.1) is 6.04 Å². The summed E-state index contributed by atoms with van der Waals surface area (Å²) >= 11 is 0. The third-order valence-corrected chi connectivity index (χ3v) is 2.14. The summed E-state index contributed by atoms with van der Waals surface area (Å²) in [5.41, 5.74) is 6.81. The monoisotopic (exact) mass is 168 g/mol. The molecule has 0 fully saturated rings. The molecule has 0 saturated carbocycles. The first-order chi connectivity index (χ1) is 5.49. The van der Waals surface area contributed by atoms with Crippen molar-refractivity contribution in [2.24, 2.45) is 16.6 Å². The van der Waals surface area contributed by atoms with Gasteiger partial charge >= 0.3 is 0 Å². The van der Waals surface area contributed by atoms with Crippen molar-refractivity contribution >= 4 is 5.84 Å². The Morgan fingerprint density at radius 1 is 1.33 bits per heavy atom. The maximum Gasteiger partial charge on any atom is 0.121 e. The minimum atomic E-state index is 0.305. The highest BCUT2D eigenvalue weighted by Crippen LogP contribution is 2.06. The van der Waals surface area contributed by atoms with E-state index in [4.69, 9.17) is 5.73 Å². The smallest absolute Gasteiger partial charge is 0.121 e. The number of amidine groups is 1. The largest absolute Gasteiger partial charge is 0.384 e. The van der Waals surface area contributed by atoms with Crippen molar-refractivity contribution in [2.75, 3.05) is 0 Å². The number of allylic oxidation sites excluding steroid dienone is 1. The molecular weight excluding hydrogens is 148 g/mol. The van der Waals surface area contributed by atoms with Gasteiger partial charge in [0.15, 0.2) is 0 Å². The second-order valence-corrected chi connectivity index (χ2v) is 3.47. The Balaban J connectivity index is 4.35. The van der Waals surface area contributed by atoms with Gasteiger partial charge in [0, 0.05) is 0 Å². The molecule has 1 atom stereocenters. The molecule has 70 valence electrons. The first kappa shape index (κ1) is 11.2. The van der Waals surface area contributed by atoms with Crippen LogP contribution in [0.5, 0.6) is 0 Å². The Labute approximate surface area is 75.6 Å². The molecule has 1 unspecified atom stereocenters. The van der Waals surface area contributed by atoms with Crippen LogP contribution < -0.4 is 5.73 Å². The van der Waals surface area contributed by atoms with E-state index >= 15 is 0 Å². The Morgan fingerprint density at radius 2 is 1.83 bits per heavy atom. The molecule has 0 aliphatic carbocycles. The molecule has 0 amide bonds. The van der Waals surface area contributed by atoms with E-state index in [0.717, 1.165) is 5.57 Å². The van der Waals surface area contributed by atoms with Crippen LogP contribution in [0.25, 0.3) is 0 Å². The van der Waals surface area contributed by atoms with Crippen molar-refractivity contribution in [3.05, 3.63) is 11.6 Å². The lowest BCUT2D eigenvalue weighted by molar-refractivity contribution is 0.531. The number of nitrogens with zero attached hydrogens (tertiary/aromatic N) is 1. The zero-order valence-corrected chi connectivity index (χ0v) is 8.76. The molecule has 0 saturated heterocycles. The van der Waals surface area contributed by atoms with Crippen molar-refractivity contribution in [1.29, 1.82) is 0 Å². The van der Waals surface area contributed by atoms with Crippen molar-refractivity contribution in [3.63, 3.8) is 0 Å². The van der Waals surface area contributed by atoms with E-state index in [0.29, 0.717) is 17.8 Å². The second kappa shape index (κ2) is 4.96. The Hall–Kier alpha value is -0.790. The number of hydrogen-bond donors (Lipinski definition) is 1. The maximum absolute atomic E-state index is 5.75.